The number of alkyl halides is 7. The molecule has 0 aromatic heterocycles. The summed E-state index contributed by atoms with van der Waals surface area (Å²) in [7, 11) is 0. The average Bonchev–Trinajstić information content (AvgIpc) is 2.96. The fourth-order valence-electron chi connectivity index (χ4n) is 4.56. The summed E-state index contributed by atoms with van der Waals surface area (Å²) in [6, 6.07) is 15.0. The maximum absolute atomic E-state index is 15.0. The van der Waals surface area contributed by atoms with Crippen LogP contribution in [0.25, 0.3) is 0 Å². The molecular weight excluding hydrogens is 622 g/mol. The Bertz CT molecular complexity index is 1750. The van der Waals surface area contributed by atoms with Gasteiger partial charge in [-0.2, -0.15) is 36.0 Å². The first kappa shape index (κ1) is 32.8. The van der Waals surface area contributed by atoms with Crippen LogP contribution in [0.1, 0.15) is 38.2 Å². The molecule has 0 radical (unpaired) electrons. The van der Waals surface area contributed by atoms with Crippen molar-refractivity contribution in [2.24, 2.45) is 0 Å². The van der Waals surface area contributed by atoms with Gasteiger partial charge < -0.3 is 10.1 Å². The molecule has 0 fully saturated rings. The first-order valence-electron chi connectivity index (χ1n) is 12.6. The van der Waals surface area contributed by atoms with Gasteiger partial charge in [0.05, 0.1) is 16.7 Å². The first-order valence-corrected chi connectivity index (χ1v) is 12.6. The Morgan fingerprint density at radius 2 is 1.49 bits per heavy atom. The molecule has 1 amide bonds. The van der Waals surface area contributed by atoms with Gasteiger partial charge in [0.25, 0.3) is 5.91 Å². The molecule has 0 unspecified atom stereocenters. The van der Waals surface area contributed by atoms with E-state index in [4.69, 9.17) is 0 Å². The third-order valence-electron chi connectivity index (χ3n) is 6.62. The van der Waals surface area contributed by atoms with Crippen LogP contribution in [-0.2, 0) is 18.1 Å². The lowest BCUT2D eigenvalue weighted by molar-refractivity contribution is -0.253. The number of nitrogens with one attached hydrogen (secondary N) is 1. The van der Waals surface area contributed by atoms with E-state index in [1.165, 1.54) is 24.3 Å². The molecule has 0 saturated carbocycles. The highest BCUT2D eigenvalue weighted by molar-refractivity contribution is 5.95. The van der Waals surface area contributed by atoms with E-state index in [1.54, 1.807) is 12.1 Å². The van der Waals surface area contributed by atoms with Gasteiger partial charge in [-0.15, -0.1) is 0 Å². The molecule has 14 heteroatoms. The van der Waals surface area contributed by atoms with Gasteiger partial charge in [-0.1, -0.05) is 36.4 Å². The number of ether oxygens (including phenoxy) is 1. The van der Waals surface area contributed by atoms with Gasteiger partial charge in [-0.25, -0.2) is 13.2 Å². The van der Waals surface area contributed by atoms with Gasteiger partial charge in [-0.05, 0) is 59.2 Å². The highest BCUT2D eigenvalue weighted by Gasteiger charge is 2.45. The second kappa shape index (κ2) is 12.5. The van der Waals surface area contributed by atoms with Gasteiger partial charge in [-0.3, -0.25) is 4.79 Å². The average molecular weight is 640 g/mol. The van der Waals surface area contributed by atoms with Gasteiger partial charge >= 0.3 is 18.7 Å². The number of amides is 1. The molecule has 4 aromatic rings. The molecule has 4 nitrogen and oxygen atoms in total. The van der Waals surface area contributed by atoms with Crippen molar-refractivity contribution in [1.82, 2.24) is 5.32 Å². The van der Waals surface area contributed by atoms with E-state index in [2.05, 4.69) is 10.1 Å². The third kappa shape index (κ3) is 7.19. The number of nitrogens with zero attached hydrogens (tertiary/aromatic N) is 1. The second-order valence-corrected chi connectivity index (χ2v) is 9.66. The predicted octanol–water partition coefficient (Wildman–Crippen LogP) is 8.15. The van der Waals surface area contributed by atoms with E-state index >= 15 is 0 Å². The van der Waals surface area contributed by atoms with Crippen LogP contribution in [0.4, 0.5) is 43.9 Å². The topological polar surface area (TPSA) is 62.1 Å². The Labute approximate surface area is 248 Å². The largest absolute Gasteiger partial charge is 0.461 e. The monoisotopic (exact) mass is 640 g/mol. The summed E-state index contributed by atoms with van der Waals surface area (Å²) in [6.45, 7) is 0. The standard InChI is InChI=1S/C31H18F10N2O2/c32-22-12-21(13-23(14-22)45-31(40,41)28(35)36)29(15-17-4-2-1-3-5-17,20-7-9-25(33)19(10-20)16-42)43-27(44)18-6-8-26(34)24(11-18)30(37,38)39/h1-14,28H,15H2,(H,43,44)/t29-/m1/s1. The summed E-state index contributed by atoms with van der Waals surface area (Å²) in [5.74, 6) is -6.52. The number of carbonyl (C=O) groups excluding carboxylic acids is 1. The molecule has 45 heavy (non-hydrogen) atoms. The van der Waals surface area contributed by atoms with Crippen LogP contribution < -0.4 is 10.1 Å². The van der Waals surface area contributed by atoms with E-state index in [0.717, 1.165) is 18.2 Å². The van der Waals surface area contributed by atoms with Gasteiger partial charge in [0.15, 0.2) is 0 Å². The minimum atomic E-state index is -5.22. The SMILES string of the molecule is N#Cc1cc([C@@](Cc2ccccc2)(NC(=O)c2ccc(F)c(C(F)(F)F)c2)c2cc(F)cc(OC(F)(F)C(F)F)c2)ccc1F. The normalized spacial score (nSPS) is 13.2. The van der Waals surface area contributed by atoms with Crippen molar-refractivity contribution in [1.29, 1.82) is 5.26 Å². The van der Waals surface area contributed by atoms with Crippen LogP contribution in [0.3, 0.4) is 0 Å². The molecule has 1 atom stereocenters. The van der Waals surface area contributed by atoms with E-state index in [9.17, 15) is 54.0 Å². The van der Waals surface area contributed by atoms with E-state index in [1.807, 2.05) is 0 Å². The lowest BCUT2D eigenvalue weighted by atomic mass is 9.77. The van der Waals surface area contributed by atoms with Crippen LogP contribution in [0, 0.1) is 28.8 Å². The van der Waals surface area contributed by atoms with Crippen molar-refractivity contribution >= 4 is 5.91 Å². The summed E-state index contributed by atoms with van der Waals surface area (Å²) < 4.78 is 141. The van der Waals surface area contributed by atoms with E-state index in [-0.39, 0.29) is 11.6 Å². The van der Waals surface area contributed by atoms with Crippen LogP contribution in [0.5, 0.6) is 5.75 Å². The highest BCUT2D eigenvalue weighted by Crippen LogP contribution is 2.39. The maximum Gasteiger partial charge on any atom is 0.461 e. The number of hydrogen-bond acceptors (Lipinski definition) is 3. The van der Waals surface area contributed by atoms with Crippen LogP contribution in [-0.4, -0.2) is 18.4 Å². The number of nitriles is 1. The molecule has 0 spiro atoms. The van der Waals surface area contributed by atoms with Crippen molar-refractivity contribution in [2.75, 3.05) is 0 Å². The summed E-state index contributed by atoms with van der Waals surface area (Å²) in [4.78, 5) is 13.6. The van der Waals surface area contributed by atoms with E-state index < -0.39 is 82.0 Å². The van der Waals surface area contributed by atoms with Gasteiger partial charge in [0.2, 0.25) is 0 Å². The molecule has 0 saturated heterocycles. The zero-order valence-corrected chi connectivity index (χ0v) is 22.4. The van der Waals surface area contributed by atoms with Crippen LogP contribution >= 0.6 is 0 Å². The summed E-state index contributed by atoms with van der Waals surface area (Å²) >= 11 is 0. The molecule has 0 aliphatic rings. The number of hydrogen-bond donors (Lipinski definition) is 1. The number of halogens is 10. The van der Waals surface area contributed by atoms with Crippen molar-refractivity contribution < 1.29 is 53.4 Å². The maximum atomic E-state index is 15.0. The van der Waals surface area contributed by atoms with Crippen molar-refractivity contribution in [3.05, 3.63) is 136 Å². The van der Waals surface area contributed by atoms with Gasteiger partial charge in [0.1, 0.15) is 29.3 Å². The second-order valence-electron chi connectivity index (χ2n) is 9.66. The van der Waals surface area contributed by atoms with Crippen LogP contribution in [0.2, 0.25) is 0 Å². The molecule has 234 valence electrons. The fraction of sp³-hybridized carbons (Fsp3) is 0.161. The fourth-order valence-corrected chi connectivity index (χ4v) is 4.56. The quantitative estimate of drug-likeness (QED) is 0.188. The first-order chi connectivity index (χ1) is 21.1. The lowest BCUT2D eigenvalue weighted by Crippen LogP contribution is -2.49. The predicted molar refractivity (Wildman–Crippen MR) is 139 cm³/mol. The Balaban J connectivity index is 2.01. The summed E-state index contributed by atoms with van der Waals surface area (Å²) in [6.07, 6.45) is -15.1. The lowest BCUT2D eigenvalue weighted by Gasteiger charge is -2.37. The molecule has 4 aromatic carbocycles. The Morgan fingerprint density at radius 1 is 0.822 bits per heavy atom. The zero-order valence-electron chi connectivity index (χ0n) is 22.4. The minimum absolute atomic E-state index is 0.201. The molecule has 4 rings (SSSR count). The third-order valence-corrected chi connectivity index (χ3v) is 6.62. The molecule has 0 aliphatic heterocycles. The Morgan fingerprint density at radius 3 is 2.11 bits per heavy atom. The summed E-state index contributed by atoms with van der Waals surface area (Å²) in [5.41, 5.74) is -5.72. The number of benzene rings is 4. The van der Waals surface area contributed by atoms with E-state index in [0.29, 0.717) is 35.9 Å². The number of carbonyl (C=O) groups is 1. The van der Waals surface area contributed by atoms with Crippen molar-refractivity contribution in [2.45, 2.75) is 30.7 Å². The molecule has 0 aliphatic carbocycles. The minimum Gasteiger partial charge on any atom is -0.428 e. The Kier molecular flexibility index (Phi) is 9.13. The molecule has 1 N–H and O–H groups in total. The van der Waals surface area contributed by atoms with Crippen molar-refractivity contribution in [3.63, 3.8) is 0 Å². The summed E-state index contributed by atoms with van der Waals surface area (Å²) in [5, 5.41) is 11.9. The van der Waals surface area contributed by atoms with Crippen LogP contribution in [0.15, 0.2) is 84.9 Å². The molecular formula is C31H18F10N2O2. The van der Waals surface area contributed by atoms with Gasteiger partial charge in [0, 0.05) is 18.1 Å². The molecule has 0 heterocycles. The zero-order chi connectivity index (χ0) is 33.2. The smallest absolute Gasteiger partial charge is 0.428 e. The highest BCUT2D eigenvalue weighted by atomic mass is 19.4. The number of rotatable bonds is 9. The Hall–Kier alpha value is -5.06. The molecule has 0 bridgehead atoms. The van der Waals surface area contributed by atoms with Crippen molar-refractivity contribution in [3.8, 4) is 11.8 Å².